The minimum Gasteiger partial charge on any atom is -0.384 e. The zero-order valence-electron chi connectivity index (χ0n) is 28.7. The molecule has 1 atom stereocenters. The van der Waals surface area contributed by atoms with Crippen LogP contribution < -0.4 is 4.90 Å². The van der Waals surface area contributed by atoms with Gasteiger partial charge in [0.25, 0.3) is 0 Å². The van der Waals surface area contributed by atoms with Crippen LogP contribution in [-0.2, 0) is 27.3 Å². The zero-order valence-corrected chi connectivity index (χ0v) is 18.7. The average Bonchev–Trinajstić information content (AvgIpc) is 3.70. The lowest BCUT2D eigenvalue weighted by Crippen LogP contribution is -2.57. The molecule has 3 aliphatic rings. The summed E-state index contributed by atoms with van der Waals surface area (Å²) in [4.78, 5) is 19.5. The molecule has 7 nitrogen and oxygen atoms in total. The second kappa shape index (κ2) is 8.99. The van der Waals surface area contributed by atoms with Crippen LogP contribution in [0, 0.1) is 17.2 Å². The molecular formula is C25H36N4O3. The van der Waals surface area contributed by atoms with E-state index in [0.717, 1.165) is 23.3 Å². The Morgan fingerprint density at radius 2 is 2.28 bits per heavy atom. The summed E-state index contributed by atoms with van der Waals surface area (Å²) in [6, 6.07) is -0.904. The van der Waals surface area contributed by atoms with E-state index >= 15 is 0 Å². The third-order valence-corrected chi connectivity index (χ3v) is 6.13. The Bertz CT molecular complexity index is 1270. The van der Waals surface area contributed by atoms with E-state index in [-0.39, 0.29) is 30.5 Å². The number of nitrogens with zero attached hydrogens (tertiary/aromatic N) is 4. The Balaban J connectivity index is 1.98. The van der Waals surface area contributed by atoms with Gasteiger partial charge in [-0.3, -0.25) is 4.79 Å². The Morgan fingerprint density at radius 1 is 1.50 bits per heavy atom. The van der Waals surface area contributed by atoms with E-state index in [0.29, 0.717) is 22.6 Å². The number of hydrogen-bond donors (Lipinski definition) is 0. The molecule has 4 rings (SSSR count). The maximum Gasteiger partial charge on any atom is 0.225 e. The third-order valence-electron chi connectivity index (χ3n) is 6.13. The molecule has 2 fully saturated rings. The number of methoxy groups -OCH3 is 1. The zero-order chi connectivity index (χ0) is 31.7. The van der Waals surface area contributed by atoms with Crippen molar-refractivity contribution in [1.29, 1.82) is 5.26 Å². The van der Waals surface area contributed by atoms with E-state index in [4.69, 9.17) is 26.8 Å². The molecule has 1 unspecified atom stereocenters. The molecule has 1 saturated heterocycles. The highest BCUT2D eigenvalue weighted by Crippen LogP contribution is 2.46. The lowest BCUT2D eigenvalue weighted by Gasteiger charge is -2.44. The van der Waals surface area contributed by atoms with Crippen LogP contribution in [0.5, 0.6) is 0 Å². The van der Waals surface area contributed by atoms with Crippen molar-refractivity contribution in [2.75, 3.05) is 38.2 Å². The summed E-state index contributed by atoms with van der Waals surface area (Å²) in [5.41, 5.74) is 1.32. The quantitative estimate of drug-likeness (QED) is 0.661. The van der Waals surface area contributed by atoms with E-state index in [1.807, 2.05) is 13.8 Å². The molecule has 0 aromatic carbocycles. The average molecular weight is 451 g/mol. The van der Waals surface area contributed by atoms with Crippen molar-refractivity contribution in [2.45, 2.75) is 77.4 Å². The maximum absolute atomic E-state index is 13.4. The standard InChI is InChI=1S/C25H36N4O3/c1-16(2)21-14-28(9-10-29(21)22(30)8-11-31-5)24-19(13-26)18-12-25(3,4)32-15-20(18)23(27-24)17-6-7-17/h16-17,21H,6-12,14-15H2,1-5H3/i1D3,2D3,9D2,16D,21D. The summed E-state index contributed by atoms with van der Waals surface area (Å²) in [6.45, 7) is -7.95. The number of amides is 1. The van der Waals surface area contributed by atoms with Gasteiger partial charge >= 0.3 is 0 Å². The van der Waals surface area contributed by atoms with Crippen molar-refractivity contribution in [3.8, 4) is 6.07 Å². The van der Waals surface area contributed by atoms with Crippen LogP contribution in [0.4, 0.5) is 5.82 Å². The molecule has 32 heavy (non-hydrogen) atoms. The Morgan fingerprint density at radius 3 is 2.94 bits per heavy atom. The monoisotopic (exact) mass is 450 g/mol. The van der Waals surface area contributed by atoms with Gasteiger partial charge in [-0.2, -0.15) is 5.26 Å². The molecule has 0 spiro atoms. The fourth-order valence-electron chi connectivity index (χ4n) is 4.25. The number of hydrogen-bond acceptors (Lipinski definition) is 6. The highest BCUT2D eigenvalue weighted by Gasteiger charge is 2.39. The van der Waals surface area contributed by atoms with Crippen molar-refractivity contribution in [2.24, 2.45) is 5.89 Å². The van der Waals surface area contributed by atoms with Gasteiger partial charge in [0, 0.05) is 54.2 Å². The Kier molecular flexibility index (Phi) is 3.80. The van der Waals surface area contributed by atoms with Crippen molar-refractivity contribution < 1.29 is 28.0 Å². The van der Waals surface area contributed by atoms with E-state index in [1.54, 1.807) is 0 Å². The molecule has 3 heterocycles. The number of ether oxygens (including phenoxy) is 2. The largest absolute Gasteiger partial charge is 0.384 e. The summed E-state index contributed by atoms with van der Waals surface area (Å²) in [6.07, 6.45) is 1.54. The summed E-state index contributed by atoms with van der Waals surface area (Å²) in [5.74, 6) is -4.63. The number of pyridine rings is 1. The van der Waals surface area contributed by atoms with Crippen LogP contribution >= 0.6 is 0 Å². The number of anilines is 1. The highest BCUT2D eigenvalue weighted by atomic mass is 16.5. The van der Waals surface area contributed by atoms with E-state index in [1.165, 1.54) is 7.11 Å². The number of carbonyl (C=O) groups is 1. The molecule has 7 heteroatoms. The van der Waals surface area contributed by atoms with Gasteiger partial charge in [-0.15, -0.1) is 0 Å². The minimum atomic E-state index is -3.60. The molecule has 1 aromatic heterocycles. The number of fused-ring (bicyclic) bond motifs is 1. The number of piperazine rings is 1. The molecule has 1 aromatic rings. The first-order valence-corrected chi connectivity index (χ1v) is 10.8. The second-order valence-electron chi connectivity index (χ2n) is 9.05. The van der Waals surface area contributed by atoms with Crippen LogP contribution in [-0.4, -0.2) is 60.7 Å². The van der Waals surface area contributed by atoms with Crippen molar-refractivity contribution in [3.63, 3.8) is 0 Å². The smallest absolute Gasteiger partial charge is 0.225 e. The molecule has 0 radical (unpaired) electrons. The summed E-state index contributed by atoms with van der Waals surface area (Å²) in [7, 11) is 1.31. The van der Waals surface area contributed by atoms with Crippen molar-refractivity contribution in [1.82, 2.24) is 9.88 Å². The third kappa shape index (κ3) is 4.49. The fraction of sp³-hybridized carbons (Fsp3) is 0.720. The van der Waals surface area contributed by atoms with Crippen LogP contribution in [0.15, 0.2) is 0 Å². The second-order valence-corrected chi connectivity index (χ2v) is 9.05. The van der Waals surface area contributed by atoms with Gasteiger partial charge < -0.3 is 19.3 Å². The minimum absolute atomic E-state index is 0.00880. The summed E-state index contributed by atoms with van der Waals surface area (Å²) in [5, 5.41) is 10.4. The van der Waals surface area contributed by atoms with Gasteiger partial charge in [0.05, 0.1) is 46.6 Å². The molecule has 174 valence electrons. The molecule has 0 bridgehead atoms. The first-order valence-electron chi connectivity index (χ1n) is 15.8. The summed E-state index contributed by atoms with van der Waals surface area (Å²) >= 11 is 0. The first-order chi connectivity index (χ1) is 19.1. The molecule has 1 aliphatic carbocycles. The predicted octanol–water partition coefficient (Wildman–Crippen LogP) is 3.39. The number of aromatic nitrogens is 1. The van der Waals surface area contributed by atoms with Crippen molar-refractivity contribution >= 4 is 11.7 Å². The highest BCUT2D eigenvalue weighted by molar-refractivity contribution is 5.77. The van der Waals surface area contributed by atoms with E-state index in [2.05, 4.69) is 6.07 Å². The van der Waals surface area contributed by atoms with Crippen LogP contribution in [0.3, 0.4) is 0 Å². The van der Waals surface area contributed by atoms with Gasteiger partial charge in [-0.1, -0.05) is 13.7 Å². The predicted molar refractivity (Wildman–Crippen MR) is 123 cm³/mol. The fourth-order valence-corrected chi connectivity index (χ4v) is 4.25. The maximum atomic E-state index is 13.4. The molecule has 1 saturated carbocycles. The number of rotatable bonds is 6. The number of carbonyl (C=O) groups excluding carboxylic acids is 1. The van der Waals surface area contributed by atoms with Gasteiger partial charge in [-0.25, -0.2) is 4.98 Å². The van der Waals surface area contributed by atoms with Gasteiger partial charge in [0.15, 0.2) is 0 Å². The molecule has 0 N–H and O–H groups in total. The summed E-state index contributed by atoms with van der Waals surface area (Å²) < 4.78 is 95.8. The van der Waals surface area contributed by atoms with Crippen LogP contribution in [0.2, 0.25) is 0 Å². The van der Waals surface area contributed by atoms with E-state index < -0.39 is 63.1 Å². The van der Waals surface area contributed by atoms with Crippen molar-refractivity contribution in [3.05, 3.63) is 22.4 Å². The topological polar surface area (TPSA) is 78.7 Å². The lowest BCUT2D eigenvalue weighted by atomic mass is 9.87. The molecule has 2 aliphatic heterocycles. The SMILES string of the molecule is [2H]C1([2H])CN(C(=O)CCOC)C([2H])(C([2H])(C([2H])([2H])[2H])C([2H])([2H])[2H])CN1c1nc(C2CC2)c2c(c1C#N)CC(C)(C)OC2. The molecule has 1 amide bonds. The van der Waals surface area contributed by atoms with Crippen LogP contribution in [0.1, 0.15) is 88.8 Å². The first kappa shape index (κ1) is 13.5. The van der Waals surface area contributed by atoms with Gasteiger partial charge in [0.1, 0.15) is 11.9 Å². The normalized spacial score (nSPS) is 32.2. The van der Waals surface area contributed by atoms with E-state index in [9.17, 15) is 11.4 Å². The molecular weight excluding hydrogens is 404 g/mol. The van der Waals surface area contributed by atoms with Gasteiger partial charge in [-0.05, 0) is 38.1 Å². The number of nitriles is 1. The Hall–Kier alpha value is -2.17. The van der Waals surface area contributed by atoms with Crippen LogP contribution in [0.25, 0.3) is 0 Å². The Labute approximate surface area is 205 Å². The lowest BCUT2D eigenvalue weighted by molar-refractivity contribution is -0.135. The van der Waals surface area contributed by atoms with Gasteiger partial charge in [0.2, 0.25) is 5.91 Å².